The maximum absolute atomic E-state index is 13.3. The molecule has 24 nitrogen and oxygen atoms in total. The van der Waals surface area contributed by atoms with E-state index in [0.29, 0.717) is 80.1 Å². The van der Waals surface area contributed by atoms with E-state index in [1.807, 2.05) is 0 Å². The summed E-state index contributed by atoms with van der Waals surface area (Å²) in [7, 11) is 0. The summed E-state index contributed by atoms with van der Waals surface area (Å²) >= 11 is 0. The smallest absolute Gasteiger partial charge is 0.336 e. The Balaban J connectivity index is 0.000000217. The Morgan fingerprint density at radius 3 is 0.533 bits per heavy atom. The molecule has 4 amide bonds. The minimum atomic E-state index is -1.55. The van der Waals surface area contributed by atoms with E-state index >= 15 is 0 Å². The van der Waals surface area contributed by atoms with E-state index in [4.69, 9.17) is 41.9 Å². The normalized spacial score (nSPS) is 10.4. The van der Waals surface area contributed by atoms with Crippen molar-refractivity contribution >= 4 is 93.0 Å². The Morgan fingerprint density at radius 2 is 0.370 bits per heavy atom. The van der Waals surface area contributed by atoms with Crippen LogP contribution < -0.4 is 63.1 Å². The molecule has 0 atom stereocenters. The molecule has 24 heteroatoms. The molecular weight excluding hydrogens is 1180 g/mol. The lowest BCUT2D eigenvalue weighted by atomic mass is 9.96. The molecule has 0 unspecified atom stereocenters. The lowest BCUT2D eigenvalue weighted by molar-refractivity contribution is 0.0677. The monoisotopic (exact) mass is 1240 g/mol. The fourth-order valence-corrected chi connectivity index (χ4v) is 8.57. The minimum absolute atomic E-state index is 0.286. The second-order valence-corrected chi connectivity index (χ2v) is 19.7. The molecule has 460 valence electrons. The maximum Gasteiger partial charge on any atom is 0.336 e. The molecular formula is C68H52N8O16. The van der Waals surface area contributed by atoms with Crippen LogP contribution in [0.3, 0.4) is 0 Å². The van der Waals surface area contributed by atoms with Gasteiger partial charge in [0, 0.05) is 45.5 Å². The summed E-state index contributed by atoms with van der Waals surface area (Å²) < 4.78 is 22.9. The zero-order valence-corrected chi connectivity index (χ0v) is 47.8. The zero-order valence-electron chi connectivity index (χ0n) is 47.8. The van der Waals surface area contributed by atoms with Crippen LogP contribution in [-0.4, -0.2) is 67.9 Å². The van der Waals surface area contributed by atoms with Gasteiger partial charge in [0.2, 0.25) is 0 Å². The number of nitrogens with one attached hydrogen (secondary N) is 4. The fourth-order valence-electron chi connectivity index (χ4n) is 8.57. The second kappa shape index (κ2) is 28.3. The Labute approximate surface area is 521 Å². The van der Waals surface area contributed by atoms with Gasteiger partial charge < -0.3 is 83.6 Å². The van der Waals surface area contributed by atoms with E-state index in [-0.39, 0.29) is 11.4 Å². The van der Waals surface area contributed by atoms with E-state index in [0.717, 1.165) is 24.3 Å². The summed E-state index contributed by atoms with van der Waals surface area (Å²) in [5, 5.41) is 49.5. The number of anilines is 8. The molecule has 0 bridgehead atoms. The topological polar surface area (TPSA) is 407 Å². The van der Waals surface area contributed by atoms with Crippen molar-refractivity contribution in [1.82, 2.24) is 0 Å². The van der Waals surface area contributed by atoms with Crippen molar-refractivity contribution in [2.45, 2.75) is 0 Å². The molecule has 92 heavy (non-hydrogen) atoms. The molecule has 0 radical (unpaired) electrons. The van der Waals surface area contributed by atoms with Gasteiger partial charge in [0.1, 0.15) is 46.0 Å². The molecule has 0 heterocycles. The summed E-state index contributed by atoms with van der Waals surface area (Å²) in [6, 6.07) is 55.3. The van der Waals surface area contributed by atoms with E-state index in [1.165, 1.54) is 48.5 Å². The summed E-state index contributed by atoms with van der Waals surface area (Å²) in [4.78, 5) is 101. The molecule has 0 aliphatic carbocycles. The highest BCUT2D eigenvalue weighted by Gasteiger charge is 2.28. The molecule has 10 aromatic rings. The van der Waals surface area contributed by atoms with Crippen LogP contribution in [0.2, 0.25) is 0 Å². The first kappa shape index (κ1) is 62.9. The van der Waals surface area contributed by atoms with Crippen LogP contribution >= 0.6 is 0 Å². The second-order valence-electron chi connectivity index (χ2n) is 19.7. The van der Waals surface area contributed by atoms with Crippen LogP contribution in [0.25, 0.3) is 0 Å². The average molecular weight is 1240 g/mol. The summed E-state index contributed by atoms with van der Waals surface area (Å²) in [6.45, 7) is 0. The predicted octanol–water partition coefficient (Wildman–Crippen LogP) is 12.7. The highest BCUT2D eigenvalue weighted by molar-refractivity contribution is 6.18. The van der Waals surface area contributed by atoms with Crippen molar-refractivity contribution in [3.05, 3.63) is 263 Å². The SMILES string of the molecule is Nc1ccc(Oc2ccc(NC(=O)c3cc(C(=O)Nc4ccc(Oc5ccc(N)cc5)cc4)c(C(=O)O)cc3C(=O)O)cc2)cc1.Nc1ccc(Oc2ccc(NC(=O)c3cc(C(=O)O)c(C(=O)Nc4ccc(Oc5ccc(N)cc5)cc4)cc3C(=O)O)cc2)cc1. The fraction of sp³-hybridized carbons (Fsp3) is 0. The lowest BCUT2D eigenvalue weighted by Crippen LogP contribution is -2.22. The number of hydrogen-bond donors (Lipinski definition) is 12. The molecule has 10 rings (SSSR count). The number of aromatic carboxylic acids is 4. The van der Waals surface area contributed by atoms with Crippen molar-refractivity contribution in [3.63, 3.8) is 0 Å². The molecule has 10 aromatic carbocycles. The zero-order chi connectivity index (χ0) is 65.6. The number of ether oxygens (including phenoxy) is 4. The van der Waals surface area contributed by atoms with Crippen molar-refractivity contribution in [1.29, 1.82) is 0 Å². The van der Waals surface area contributed by atoms with Crippen molar-refractivity contribution < 1.29 is 77.7 Å². The average Bonchev–Trinajstić information content (AvgIpc) is 1.21. The first-order valence-electron chi connectivity index (χ1n) is 27.2. The van der Waals surface area contributed by atoms with Gasteiger partial charge in [-0.2, -0.15) is 0 Å². The van der Waals surface area contributed by atoms with E-state index in [2.05, 4.69) is 21.3 Å². The molecule has 0 fully saturated rings. The molecule has 16 N–H and O–H groups in total. The quantitative estimate of drug-likeness (QED) is 0.0315. The maximum atomic E-state index is 13.3. The van der Waals surface area contributed by atoms with Crippen LogP contribution in [0, 0.1) is 0 Å². The Morgan fingerprint density at radius 1 is 0.228 bits per heavy atom. The van der Waals surface area contributed by atoms with E-state index in [1.54, 1.807) is 146 Å². The number of hydrogen-bond acceptors (Lipinski definition) is 16. The first-order valence-corrected chi connectivity index (χ1v) is 27.2. The van der Waals surface area contributed by atoms with Gasteiger partial charge in [-0.05, 0) is 218 Å². The van der Waals surface area contributed by atoms with Crippen LogP contribution in [0.1, 0.15) is 82.9 Å². The van der Waals surface area contributed by atoms with Gasteiger partial charge in [0.15, 0.2) is 0 Å². The molecule has 0 saturated heterocycles. The van der Waals surface area contributed by atoms with Gasteiger partial charge in [-0.25, -0.2) is 19.2 Å². The van der Waals surface area contributed by atoms with Gasteiger partial charge in [0.25, 0.3) is 23.6 Å². The number of benzene rings is 10. The predicted molar refractivity (Wildman–Crippen MR) is 342 cm³/mol. The van der Waals surface area contributed by atoms with Crippen LogP contribution in [-0.2, 0) is 0 Å². The third-order valence-electron chi connectivity index (χ3n) is 13.1. The van der Waals surface area contributed by atoms with Crippen molar-refractivity contribution in [2.75, 3.05) is 44.2 Å². The third-order valence-corrected chi connectivity index (χ3v) is 13.1. The Kier molecular flexibility index (Phi) is 19.3. The molecule has 0 saturated carbocycles. The highest BCUT2D eigenvalue weighted by atomic mass is 16.5. The molecule has 0 spiro atoms. The number of carbonyl (C=O) groups is 8. The number of nitrogens with two attached hydrogens (primary N) is 4. The van der Waals surface area contributed by atoms with Crippen LogP contribution in [0.4, 0.5) is 45.5 Å². The van der Waals surface area contributed by atoms with E-state index in [9.17, 15) is 58.8 Å². The van der Waals surface area contributed by atoms with E-state index < -0.39 is 92.0 Å². The summed E-state index contributed by atoms with van der Waals surface area (Å²) in [6.07, 6.45) is 0. The Bertz CT molecular complexity index is 4140. The van der Waals surface area contributed by atoms with Crippen molar-refractivity contribution in [3.8, 4) is 46.0 Å². The molecule has 0 aromatic heterocycles. The van der Waals surface area contributed by atoms with Crippen molar-refractivity contribution in [2.24, 2.45) is 0 Å². The number of carbonyl (C=O) groups excluding carboxylic acids is 4. The van der Waals surface area contributed by atoms with Crippen LogP contribution in [0.15, 0.2) is 218 Å². The molecule has 0 aliphatic heterocycles. The van der Waals surface area contributed by atoms with Gasteiger partial charge in [0.05, 0.1) is 44.5 Å². The van der Waals surface area contributed by atoms with Gasteiger partial charge in [-0.15, -0.1) is 0 Å². The first-order chi connectivity index (χ1) is 44.1. The number of rotatable bonds is 20. The third kappa shape index (κ3) is 16.5. The number of amides is 4. The molecule has 0 aliphatic rings. The number of carboxylic acids is 4. The minimum Gasteiger partial charge on any atom is -0.478 e. The van der Waals surface area contributed by atoms with Crippen LogP contribution in [0.5, 0.6) is 46.0 Å². The van der Waals surface area contributed by atoms with Gasteiger partial charge in [-0.3, -0.25) is 19.2 Å². The standard InChI is InChI=1S/2C34H26N4O8/c35-19-1-9-23(10-2-19)45-25-13-5-21(6-14-25)37-31(39)27-17-30(34(43)44)28(18-29(27)33(41)42)32(40)38-22-7-15-26(16-8-22)46-24-11-3-20(36)4-12-24;35-19-1-9-23(10-2-19)45-25-13-5-21(6-14-25)37-31(39)27-17-28(30(34(43)44)18-29(27)33(41)42)32(40)38-22-7-15-26(16-8-22)46-24-11-3-20(36)4-12-24/h2*1-18H,35-36H2,(H,37,39)(H,38,40)(H,41,42)(H,43,44). The largest absolute Gasteiger partial charge is 0.478 e. The summed E-state index contributed by atoms with van der Waals surface area (Å²) in [5.41, 5.74) is 22.1. The number of carboxylic acid groups (broad SMARTS) is 4. The van der Waals surface area contributed by atoms with Gasteiger partial charge in [-0.1, -0.05) is 0 Å². The highest BCUT2D eigenvalue weighted by Crippen LogP contribution is 2.31. The number of nitrogen functional groups attached to an aromatic ring is 4. The summed E-state index contributed by atoms with van der Waals surface area (Å²) in [5.74, 6) is -5.69. The lowest BCUT2D eigenvalue weighted by Gasteiger charge is -2.14. The van der Waals surface area contributed by atoms with Gasteiger partial charge >= 0.3 is 23.9 Å². The Hall–Kier alpha value is -13.6.